The minimum atomic E-state index is 0.834. The average molecular weight is 120 g/mol. The van der Waals surface area contributed by atoms with Gasteiger partial charge in [-0.1, -0.05) is 30.3 Å². The van der Waals surface area contributed by atoms with Crippen molar-refractivity contribution < 1.29 is 0 Å². The van der Waals surface area contributed by atoms with Crippen LogP contribution < -0.4 is 5.32 Å². The molecule has 9 heavy (non-hydrogen) atoms. The van der Waals surface area contributed by atoms with E-state index in [9.17, 15) is 0 Å². The van der Waals surface area contributed by atoms with E-state index in [1.807, 2.05) is 25.2 Å². The van der Waals surface area contributed by atoms with Gasteiger partial charge in [0.15, 0.2) is 7.05 Å². The van der Waals surface area contributed by atoms with E-state index in [0.717, 1.165) is 6.54 Å². The summed E-state index contributed by atoms with van der Waals surface area (Å²) in [5.41, 5.74) is 1.28. The van der Waals surface area contributed by atoms with E-state index in [4.69, 9.17) is 0 Å². The minimum absolute atomic E-state index is 0.834. The second kappa shape index (κ2) is 3.25. The van der Waals surface area contributed by atoms with Crippen molar-refractivity contribution in [2.45, 2.75) is 6.54 Å². The van der Waals surface area contributed by atoms with Crippen LogP contribution in [0.25, 0.3) is 0 Å². The molecule has 0 aromatic heterocycles. The van der Waals surface area contributed by atoms with Crippen molar-refractivity contribution >= 4 is 0 Å². The van der Waals surface area contributed by atoms with Gasteiger partial charge >= 0.3 is 0 Å². The van der Waals surface area contributed by atoms with Crippen LogP contribution in [0.1, 0.15) is 5.56 Å². The quantitative estimate of drug-likeness (QED) is 0.560. The van der Waals surface area contributed by atoms with Crippen LogP contribution >= 0.6 is 0 Å². The first-order chi connectivity index (χ1) is 4.43. The van der Waals surface area contributed by atoms with Crippen LogP contribution in [0, 0.1) is 0 Å². The third kappa shape index (κ3) is 1.86. The van der Waals surface area contributed by atoms with Gasteiger partial charge in [-0.3, -0.25) is 0 Å². The van der Waals surface area contributed by atoms with Crippen LogP contribution in [0.3, 0.4) is 0 Å². The number of rotatable bonds is 2. The fraction of sp³-hybridized carbons (Fsp3) is 0.250. The largest absolute Gasteiger partial charge is 0.208 e. The zero-order valence-corrected chi connectivity index (χ0v) is 5.54. The molecule has 0 saturated heterocycles. The van der Waals surface area contributed by atoms with Crippen LogP contribution in [0.2, 0.25) is 0 Å². The lowest BCUT2D eigenvalue weighted by Gasteiger charge is -1.86. The van der Waals surface area contributed by atoms with E-state index < -0.39 is 0 Å². The molecular weight excluding hydrogens is 110 g/mol. The molecule has 2 radical (unpaired) electrons. The molecular formula is C8H10N+. The minimum Gasteiger partial charge on any atom is -0.0622 e. The Kier molecular flexibility index (Phi) is 2.28. The Morgan fingerprint density at radius 3 is 2.44 bits per heavy atom. The van der Waals surface area contributed by atoms with E-state index in [-0.39, 0.29) is 0 Å². The normalized spacial score (nSPS) is 9.44. The first-order valence-corrected chi connectivity index (χ1v) is 3.03. The first kappa shape index (κ1) is 6.30. The molecule has 0 amide bonds. The van der Waals surface area contributed by atoms with Crippen LogP contribution in [0.4, 0.5) is 0 Å². The van der Waals surface area contributed by atoms with Gasteiger partial charge in [-0.05, 0) is 0 Å². The van der Waals surface area contributed by atoms with Crippen molar-refractivity contribution in [1.82, 2.24) is 5.32 Å². The van der Waals surface area contributed by atoms with Gasteiger partial charge in [0.25, 0.3) is 0 Å². The lowest BCUT2D eigenvalue weighted by Crippen LogP contribution is -1.95. The SMILES string of the molecule is C[N+]Cc1ccccc1. The van der Waals surface area contributed by atoms with Gasteiger partial charge in [0.05, 0.1) is 5.32 Å². The summed E-state index contributed by atoms with van der Waals surface area (Å²) in [6.07, 6.45) is 0. The predicted molar refractivity (Wildman–Crippen MR) is 38.2 cm³/mol. The van der Waals surface area contributed by atoms with Gasteiger partial charge in [-0.2, -0.15) is 0 Å². The highest BCUT2D eigenvalue weighted by Gasteiger charge is 1.94. The van der Waals surface area contributed by atoms with E-state index >= 15 is 0 Å². The van der Waals surface area contributed by atoms with Crippen molar-refractivity contribution in [1.29, 1.82) is 0 Å². The number of hydrogen-bond donors (Lipinski definition) is 0. The fourth-order valence-electron chi connectivity index (χ4n) is 0.766. The summed E-state index contributed by atoms with van der Waals surface area (Å²) in [4.78, 5) is 0. The van der Waals surface area contributed by atoms with Gasteiger partial charge in [0, 0.05) is 5.56 Å². The Bertz CT molecular complexity index is 157. The van der Waals surface area contributed by atoms with Crippen LogP contribution in [0.15, 0.2) is 30.3 Å². The van der Waals surface area contributed by atoms with Crippen molar-refractivity contribution in [2.75, 3.05) is 7.05 Å². The maximum absolute atomic E-state index is 4.01. The molecule has 0 N–H and O–H groups in total. The Hall–Kier alpha value is -0.820. The number of benzene rings is 1. The van der Waals surface area contributed by atoms with Gasteiger partial charge in [-0.25, -0.2) is 0 Å². The Morgan fingerprint density at radius 2 is 1.89 bits per heavy atom. The van der Waals surface area contributed by atoms with E-state index in [0.29, 0.717) is 0 Å². The molecule has 46 valence electrons. The summed E-state index contributed by atoms with van der Waals surface area (Å²) in [7, 11) is 1.83. The maximum Gasteiger partial charge on any atom is 0.208 e. The molecule has 0 saturated carbocycles. The smallest absolute Gasteiger partial charge is 0.0622 e. The van der Waals surface area contributed by atoms with Gasteiger partial charge < -0.3 is 0 Å². The molecule has 1 nitrogen and oxygen atoms in total. The molecule has 0 unspecified atom stereocenters. The lowest BCUT2D eigenvalue weighted by atomic mass is 10.2. The molecule has 0 bridgehead atoms. The summed E-state index contributed by atoms with van der Waals surface area (Å²) < 4.78 is 0. The van der Waals surface area contributed by atoms with Crippen molar-refractivity contribution in [3.63, 3.8) is 0 Å². The van der Waals surface area contributed by atoms with E-state index in [2.05, 4.69) is 17.4 Å². The molecule has 0 atom stereocenters. The zero-order valence-electron chi connectivity index (χ0n) is 5.54. The highest BCUT2D eigenvalue weighted by Crippen LogP contribution is 1.96. The van der Waals surface area contributed by atoms with Crippen LogP contribution in [-0.2, 0) is 6.54 Å². The summed E-state index contributed by atoms with van der Waals surface area (Å²) in [6, 6.07) is 10.2. The third-order valence-electron chi connectivity index (χ3n) is 1.18. The van der Waals surface area contributed by atoms with Gasteiger partial charge in [0.2, 0.25) is 6.54 Å². The monoisotopic (exact) mass is 120 g/mol. The average Bonchev–Trinajstić information content (AvgIpc) is 1.91. The second-order valence-corrected chi connectivity index (χ2v) is 1.96. The van der Waals surface area contributed by atoms with Crippen molar-refractivity contribution in [2.24, 2.45) is 0 Å². The third-order valence-corrected chi connectivity index (χ3v) is 1.18. The van der Waals surface area contributed by atoms with E-state index in [1.54, 1.807) is 0 Å². The molecule has 0 aliphatic carbocycles. The Labute approximate surface area is 55.7 Å². The number of nitrogens with zero attached hydrogens (tertiary/aromatic N) is 1. The fourth-order valence-corrected chi connectivity index (χ4v) is 0.766. The zero-order chi connectivity index (χ0) is 6.53. The molecule has 0 fully saturated rings. The molecule has 0 aliphatic heterocycles. The molecule has 0 aliphatic rings. The molecule has 0 heterocycles. The second-order valence-electron chi connectivity index (χ2n) is 1.96. The molecule has 1 aromatic rings. The van der Waals surface area contributed by atoms with E-state index in [1.165, 1.54) is 5.56 Å². The number of hydrogen-bond acceptors (Lipinski definition) is 0. The molecule has 0 spiro atoms. The van der Waals surface area contributed by atoms with Gasteiger partial charge in [0.1, 0.15) is 0 Å². The summed E-state index contributed by atoms with van der Waals surface area (Å²) >= 11 is 0. The summed E-state index contributed by atoms with van der Waals surface area (Å²) in [6.45, 7) is 0.834. The highest BCUT2D eigenvalue weighted by atomic mass is 14.8. The van der Waals surface area contributed by atoms with Crippen LogP contribution in [-0.4, -0.2) is 7.05 Å². The standard InChI is InChI=1S/C8H10N/c1-9-7-8-5-3-2-4-6-8/h2-6H,7H2,1H3/q+1. The molecule has 1 aromatic carbocycles. The maximum atomic E-state index is 4.01. The Balaban J connectivity index is 2.61. The lowest BCUT2D eigenvalue weighted by molar-refractivity contribution is 0.800. The van der Waals surface area contributed by atoms with Crippen molar-refractivity contribution in [3.05, 3.63) is 35.9 Å². The van der Waals surface area contributed by atoms with Crippen molar-refractivity contribution in [3.8, 4) is 0 Å². The predicted octanol–water partition coefficient (Wildman–Crippen LogP) is 1.42. The first-order valence-electron chi connectivity index (χ1n) is 3.03. The van der Waals surface area contributed by atoms with Gasteiger partial charge in [-0.15, -0.1) is 0 Å². The summed E-state index contributed by atoms with van der Waals surface area (Å²) in [5, 5.41) is 4.01. The molecule has 1 heteroatoms. The topological polar surface area (TPSA) is 14.1 Å². The highest BCUT2D eigenvalue weighted by molar-refractivity contribution is 5.13. The van der Waals surface area contributed by atoms with Crippen LogP contribution in [0.5, 0.6) is 0 Å². The summed E-state index contributed by atoms with van der Waals surface area (Å²) in [5.74, 6) is 0. The Morgan fingerprint density at radius 1 is 1.22 bits per heavy atom. The molecule has 1 rings (SSSR count).